The lowest BCUT2D eigenvalue weighted by molar-refractivity contribution is -0.148. The number of carbonyl (C=O) groups is 4. The third-order valence-corrected chi connectivity index (χ3v) is 7.91. The smallest absolute Gasteiger partial charge is 0.237 e. The van der Waals surface area contributed by atoms with Crippen molar-refractivity contribution in [1.29, 1.82) is 0 Å². The third-order valence-electron chi connectivity index (χ3n) is 7.67. The second kappa shape index (κ2) is 7.34. The van der Waals surface area contributed by atoms with E-state index >= 15 is 0 Å². The van der Waals surface area contributed by atoms with Gasteiger partial charge in [-0.3, -0.25) is 24.1 Å². The highest BCUT2D eigenvalue weighted by Crippen LogP contribution is 2.58. The van der Waals surface area contributed by atoms with Gasteiger partial charge in [0.25, 0.3) is 0 Å². The van der Waals surface area contributed by atoms with Crippen molar-refractivity contribution in [3.05, 3.63) is 70.2 Å². The minimum Gasteiger partial charge on any atom is -0.349 e. The highest BCUT2D eigenvalue weighted by atomic mass is 35.5. The van der Waals surface area contributed by atoms with E-state index in [1.165, 1.54) is 4.90 Å². The Labute approximate surface area is 195 Å². The molecular formula is C26H22ClNO5. The maximum absolute atomic E-state index is 13.8. The Morgan fingerprint density at radius 1 is 0.848 bits per heavy atom. The Morgan fingerprint density at radius 3 is 2.15 bits per heavy atom. The summed E-state index contributed by atoms with van der Waals surface area (Å²) in [5.41, 5.74) is -0.955. The number of rotatable bonds is 2. The average molecular weight is 464 g/mol. The van der Waals surface area contributed by atoms with Gasteiger partial charge in [-0.2, -0.15) is 0 Å². The summed E-state index contributed by atoms with van der Waals surface area (Å²) < 4.78 is 6.28. The molecule has 2 aliphatic heterocycles. The van der Waals surface area contributed by atoms with Crippen LogP contribution < -0.4 is 0 Å². The monoisotopic (exact) mass is 463 g/mol. The number of hydrogen-bond acceptors (Lipinski definition) is 5. The first kappa shape index (κ1) is 20.8. The van der Waals surface area contributed by atoms with Crippen molar-refractivity contribution in [3.63, 3.8) is 0 Å². The molecule has 3 atom stereocenters. The summed E-state index contributed by atoms with van der Waals surface area (Å²) in [5.74, 6) is -4.00. The van der Waals surface area contributed by atoms with Gasteiger partial charge in [0, 0.05) is 22.2 Å². The number of fused-ring (bicyclic) bond motifs is 3. The van der Waals surface area contributed by atoms with Crippen molar-refractivity contribution in [3.8, 4) is 0 Å². The number of ketones is 2. The molecule has 0 aromatic heterocycles. The number of halogens is 1. The quantitative estimate of drug-likeness (QED) is 0.493. The molecule has 0 unspecified atom stereocenters. The van der Waals surface area contributed by atoms with Crippen molar-refractivity contribution in [2.24, 2.45) is 11.8 Å². The summed E-state index contributed by atoms with van der Waals surface area (Å²) >= 11 is 6.21. The molecule has 2 aromatic carbocycles. The van der Waals surface area contributed by atoms with Crippen molar-refractivity contribution >= 4 is 35.0 Å². The molecule has 3 fully saturated rings. The third kappa shape index (κ3) is 2.71. The zero-order chi connectivity index (χ0) is 22.9. The zero-order valence-electron chi connectivity index (χ0n) is 17.8. The van der Waals surface area contributed by atoms with Crippen LogP contribution in [0.4, 0.5) is 0 Å². The van der Waals surface area contributed by atoms with E-state index in [1.807, 2.05) is 0 Å². The van der Waals surface area contributed by atoms with E-state index < -0.39 is 41.0 Å². The van der Waals surface area contributed by atoms with E-state index in [4.69, 9.17) is 16.3 Å². The molecular weight excluding hydrogens is 442 g/mol. The molecule has 33 heavy (non-hydrogen) atoms. The highest BCUT2D eigenvalue weighted by molar-refractivity contribution is 6.35. The second-order valence-electron chi connectivity index (χ2n) is 9.37. The van der Waals surface area contributed by atoms with Gasteiger partial charge in [-0.05, 0) is 30.5 Å². The predicted octanol–water partition coefficient (Wildman–Crippen LogP) is 4.16. The Morgan fingerprint density at radius 2 is 1.52 bits per heavy atom. The summed E-state index contributed by atoms with van der Waals surface area (Å²) in [4.78, 5) is 56.3. The number of ether oxygens (including phenoxy) is 1. The summed E-state index contributed by atoms with van der Waals surface area (Å²) in [7, 11) is 0. The Bertz CT molecular complexity index is 1180. The number of benzene rings is 2. The number of nitrogens with zero attached hydrogens (tertiary/aromatic N) is 1. The van der Waals surface area contributed by atoms with Crippen LogP contribution >= 0.6 is 11.6 Å². The van der Waals surface area contributed by atoms with Gasteiger partial charge in [0.2, 0.25) is 29.0 Å². The van der Waals surface area contributed by atoms with Crippen molar-refractivity contribution in [1.82, 2.24) is 4.90 Å². The molecule has 1 saturated carbocycles. The summed E-state index contributed by atoms with van der Waals surface area (Å²) in [6.07, 6.45) is 3.54. The van der Waals surface area contributed by atoms with Crippen LogP contribution in [0.15, 0.2) is 48.5 Å². The first-order valence-electron chi connectivity index (χ1n) is 11.4. The van der Waals surface area contributed by atoms with Crippen LogP contribution in [0.3, 0.4) is 0 Å². The van der Waals surface area contributed by atoms with Crippen LogP contribution in [-0.4, -0.2) is 39.9 Å². The molecule has 168 valence electrons. The number of Topliss-reactive ketones (excluding diaryl/α,β-unsaturated/α-hetero) is 2. The first-order valence-corrected chi connectivity index (χ1v) is 11.8. The maximum atomic E-state index is 13.8. The van der Waals surface area contributed by atoms with E-state index in [1.54, 1.807) is 48.5 Å². The fraction of sp³-hybridized carbons (Fsp3) is 0.385. The van der Waals surface area contributed by atoms with Crippen LogP contribution in [0.5, 0.6) is 0 Å². The van der Waals surface area contributed by atoms with Crippen LogP contribution in [0.25, 0.3) is 0 Å². The minimum absolute atomic E-state index is 0.199. The fourth-order valence-corrected chi connectivity index (χ4v) is 6.42. The van der Waals surface area contributed by atoms with Crippen LogP contribution in [-0.2, 0) is 14.3 Å². The van der Waals surface area contributed by atoms with Gasteiger partial charge in [0.1, 0.15) is 0 Å². The van der Waals surface area contributed by atoms with E-state index in [2.05, 4.69) is 0 Å². The van der Waals surface area contributed by atoms with Gasteiger partial charge in [-0.15, -0.1) is 0 Å². The lowest BCUT2D eigenvalue weighted by Gasteiger charge is -2.33. The number of imide groups is 1. The predicted molar refractivity (Wildman–Crippen MR) is 119 cm³/mol. The lowest BCUT2D eigenvalue weighted by atomic mass is 9.77. The molecule has 2 aromatic rings. The van der Waals surface area contributed by atoms with E-state index in [0.717, 1.165) is 32.1 Å². The average Bonchev–Trinajstić information content (AvgIpc) is 3.40. The van der Waals surface area contributed by atoms with Crippen molar-refractivity contribution < 1.29 is 23.9 Å². The van der Waals surface area contributed by atoms with Gasteiger partial charge < -0.3 is 4.74 Å². The van der Waals surface area contributed by atoms with Gasteiger partial charge >= 0.3 is 0 Å². The van der Waals surface area contributed by atoms with E-state index in [9.17, 15) is 19.2 Å². The molecule has 6 rings (SSSR count). The number of amides is 2. The molecule has 2 amide bonds. The molecule has 6 nitrogen and oxygen atoms in total. The molecule has 2 heterocycles. The lowest BCUT2D eigenvalue weighted by Crippen LogP contribution is -2.52. The van der Waals surface area contributed by atoms with Crippen LogP contribution in [0.1, 0.15) is 64.5 Å². The number of likely N-dealkylation sites (tertiary alicyclic amines) is 1. The van der Waals surface area contributed by atoms with E-state index in [-0.39, 0.29) is 23.1 Å². The Kier molecular flexibility index (Phi) is 4.61. The standard InChI is InChI=1S/C26H22ClNO5/c27-15-8-6-7-14(13-15)21-19-20(25(32)28(24(19)31)16-9-2-1-3-10-16)26(33-21)22(29)17-11-4-5-12-18(17)23(26)30/h4-8,11-13,16,19-21H,1-3,9-10H2/t19-,20-,21-/m0/s1. The maximum Gasteiger partial charge on any atom is 0.237 e. The first-order chi connectivity index (χ1) is 15.9. The molecule has 0 bridgehead atoms. The summed E-state index contributed by atoms with van der Waals surface area (Å²) in [6, 6.07) is 13.2. The molecule has 1 spiro atoms. The zero-order valence-corrected chi connectivity index (χ0v) is 18.6. The van der Waals surface area contributed by atoms with Crippen LogP contribution in [0, 0.1) is 11.8 Å². The van der Waals surface area contributed by atoms with Crippen molar-refractivity contribution in [2.45, 2.75) is 49.9 Å². The topological polar surface area (TPSA) is 80.8 Å². The molecule has 0 N–H and O–H groups in total. The van der Waals surface area contributed by atoms with Crippen molar-refractivity contribution in [2.75, 3.05) is 0 Å². The molecule has 0 radical (unpaired) electrons. The highest BCUT2D eigenvalue weighted by Gasteiger charge is 2.75. The number of carbonyl (C=O) groups excluding carboxylic acids is 4. The Balaban J connectivity index is 1.51. The Hall–Kier alpha value is -2.83. The molecule has 2 saturated heterocycles. The van der Waals surface area contributed by atoms with E-state index in [0.29, 0.717) is 10.6 Å². The fourth-order valence-electron chi connectivity index (χ4n) is 6.22. The molecule has 4 aliphatic rings. The van der Waals surface area contributed by atoms with Gasteiger partial charge in [0.05, 0.1) is 17.9 Å². The largest absolute Gasteiger partial charge is 0.349 e. The SMILES string of the molecule is O=C1[C@H]2[C@@H](C(=O)N1C1CCCCC1)C1(O[C@H]2c2cccc(Cl)c2)C(=O)c2ccccc2C1=O. The summed E-state index contributed by atoms with van der Waals surface area (Å²) in [6.45, 7) is 0. The van der Waals surface area contributed by atoms with Gasteiger partial charge in [0.15, 0.2) is 0 Å². The van der Waals surface area contributed by atoms with Crippen LogP contribution in [0.2, 0.25) is 5.02 Å². The second-order valence-corrected chi connectivity index (χ2v) is 9.81. The summed E-state index contributed by atoms with van der Waals surface area (Å²) in [5, 5.41) is 0.446. The number of hydrogen-bond donors (Lipinski definition) is 0. The van der Waals surface area contributed by atoms with Gasteiger partial charge in [-0.1, -0.05) is 67.3 Å². The molecule has 7 heteroatoms. The van der Waals surface area contributed by atoms with Gasteiger partial charge in [-0.25, -0.2) is 0 Å². The molecule has 2 aliphatic carbocycles. The normalized spacial score (nSPS) is 28.6. The minimum atomic E-state index is -2.02.